The maximum Gasteiger partial charge on any atom is 0.157 e. The Balaban J connectivity index is 0.00000144. The summed E-state index contributed by atoms with van der Waals surface area (Å²) in [6, 6.07) is 0. The number of aromatic nitrogens is 1. The Morgan fingerprint density at radius 2 is 2.46 bits per heavy atom. The van der Waals surface area contributed by atoms with E-state index >= 15 is 0 Å². The molecular formula is C6H9N3OPSW-. The van der Waals surface area contributed by atoms with Gasteiger partial charge in [0.15, 0.2) is 5.91 Å². The molecule has 1 heterocycles. The van der Waals surface area contributed by atoms with Crippen molar-refractivity contribution in [1.29, 1.82) is 0 Å². The van der Waals surface area contributed by atoms with Crippen LogP contribution in [0.25, 0.3) is 0 Å². The molecule has 0 bridgehead atoms. The number of thiazole rings is 1. The van der Waals surface area contributed by atoms with Gasteiger partial charge in [0, 0.05) is 38.9 Å². The van der Waals surface area contributed by atoms with Crippen LogP contribution < -0.4 is 15.8 Å². The smallest absolute Gasteiger partial charge is 0.157 e. The fourth-order valence-electron chi connectivity index (χ4n) is 0.619. The standard InChI is InChI=1S/C6H9N3OPS.W/c7-1-2-8-5(10)4-3-9-6(11)12-4;/h1-2,7,11H2,(H,8,10);/q-1;. The minimum atomic E-state index is -0.161. The van der Waals surface area contributed by atoms with Gasteiger partial charge in [0.1, 0.15) is 0 Å². The van der Waals surface area contributed by atoms with Crippen molar-refractivity contribution in [2.24, 2.45) is 5.73 Å². The van der Waals surface area contributed by atoms with E-state index in [1.807, 2.05) is 0 Å². The first-order valence-corrected chi connectivity index (χ1v) is 4.75. The van der Waals surface area contributed by atoms with Gasteiger partial charge in [-0.1, -0.05) is 6.20 Å². The van der Waals surface area contributed by atoms with Crippen LogP contribution in [0, 0.1) is 6.20 Å². The molecule has 0 aromatic carbocycles. The molecule has 1 atom stereocenters. The third kappa shape index (κ3) is 4.28. The Morgan fingerprint density at radius 3 is 2.92 bits per heavy atom. The first kappa shape index (κ1) is 13.2. The number of nitrogens with two attached hydrogens (primary N) is 1. The molecule has 1 rings (SSSR count). The van der Waals surface area contributed by atoms with E-state index in [2.05, 4.69) is 25.7 Å². The van der Waals surface area contributed by atoms with Gasteiger partial charge >= 0.3 is 0 Å². The molecule has 3 N–H and O–H groups in total. The second-order valence-electron chi connectivity index (χ2n) is 2.04. The quantitative estimate of drug-likeness (QED) is 0.525. The molecule has 4 nitrogen and oxygen atoms in total. The molecule has 7 heteroatoms. The molecule has 0 aliphatic heterocycles. The summed E-state index contributed by atoms with van der Waals surface area (Å²) in [6.07, 6.45) is 2.61. The summed E-state index contributed by atoms with van der Waals surface area (Å²) < 4.78 is 0.757. The zero-order valence-electron chi connectivity index (χ0n) is 6.74. The summed E-state index contributed by atoms with van der Waals surface area (Å²) in [5.74, 6) is -0.161. The third-order valence-electron chi connectivity index (χ3n) is 1.11. The van der Waals surface area contributed by atoms with E-state index in [4.69, 9.17) is 5.73 Å². The van der Waals surface area contributed by atoms with E-state index in [1.54, 1.807) is 0 Å². The van der Waals surface area contributed by atoms with E-state index in [-0.39, 0.29) is 27.0 Å². The van der Waals surface area contributed by atoms with Gasteiger partial charge in [0.05, 0.1) is 0 Å². The van der Waals surface area contributed by atoms with Crippen molar-refractivity contribution >= 4 is 31.2 Å². The molecule has 0 fully saturated rings. The van der Waals surface area contributed by atoms with Crippen molar-refractivity contribution in [2.75, 3.05) is 13.1 Å². The summed E-state index contributed by atoms with van der Waals surface area (Å²) in [6.45, 7) is 0.926. The summed E-state index contributed by atoms with van der Waals surface area (Å²) in [5.41, 5.74) is 5.22. The average Bonchev–Trinajstić information content (AvgIpc) is 2.47. The molecule has 0 aliphatic rings. The molecule has 1 unspecified atom stereocenters. The van der Waals surface area contributed by atoms with Crippen molar-refractivity contribution in [1.82, 2.24) is 10.3 Å². The Kier molecular flexibility index (Phi) is 6.70. The zero-order valence-corrected chi connectivity index (χ0v) is 11.6. The molecule has 0 saturated heterocycles. The number of nitrogens with one attached hydrogen (secondary N) is 1. The van der Waals surface area contributed by atoms with E-state index in [9.17, 15) is 4.79 Å². The molecule has 72 valence electrons. The zero-order chi connectivity index (χ0) is 8.97. The van der Waals surface area contributed by atoms with Crippen molar-refractivity contribution in [3.63, 3.8) is 0 Å². The second-order valence-corrected chi connectivity index (χ2v) is 4.03. The van der Waals surface area contributed by atoms with Crippen LogP contribution in [0.1, 0.15) is 9.67 Å². The van der Waals surface area contributed by atoms with Crippen LogP contribution in [0.3, 0.4) is 0 Å². The molecule has 0 spiro atoms. The number of rotatable bonds is 3. The van der Waals surface area contributed by atoms with Gasteiger partial charge in [0.25, 0.3) is 0 Å². The number of carbonyl (C=O) groups is 1. The van der Waals surface area contributed by atoms with E-state index in [0.29, 0.717) is 18.0 Å². The predicted molar refractivity (Wildman–Crippen MR) is 51.7 cm³/mol. The normalized spacial score (nSPS) is 9.08. The van der Waals surface area contributed by atoms with Gasteiger partial charge in [-0.25, -0.2) is 11.3 Å². The van der Waals surface area contributed by atoms with Crippen molar-refractivity contribution in [3.8, 4) is 0 Å². The van der Waals surface area contributed by atoms with Crippen LogP contribution in [0.4, 0.5) is 0 Å². The maximum absolute atomic E-state index is 11.2. The number of nitrogens with zero attached hydrogens (tertiary/aromatic N) is 1. The van der Waals surface area contributed by atoms with Crippen molar-refractivity contribution < 1.29 is 25.9 Å². The summed E-state index contributed by atoms with van der Waals surface area (Å²) >= 11 is 1.29. The van der Waals surface area contributed by atoms with Crippen LogP contribution in [0.5, 0.6) is 0 Å². The Hall–Kier alpha value is 0.178. The molecule has 1 amide bonds. The number of hydrogen-bond donors (Lipinski definition) is 2. The van der Waals surface area contributed by atoms with Crippen LogP contribution in [0.2, 0.25) is 0 Å². The Bertz CT molecular complexity index is 281. The first-order chi connectivity index (χ1) is 5.74. The van der Waals surface area contributed by atoms with E-state index in [1.165, 1.54) is 11.3 Å². The molecule has 0 saturated carbocycles. The fourth-order valence-corrected chi connectivity index (χ4v) is 1.59. The number of amides is 1. The van der Waals surface area contributed by atoms with Crippen LogP contribution in [-0.4, -0.2) is 24.0 Å². The molecule has 0 aliphatic carbocycles. The van der Waals surface area contributed by atoms with Crippen LogP contribution >= 0.6 is 20.6 Å². The largest absolute Gasteiger partial charge is 0.402 e. The van der Waals surface area contributed by atoms with Crippen molar-refractivity contribution in [2.45, 2.75) is 0 Å². The SMILES string of the molecule is NCCNC(=O)c1[c-]nc(P)s1.[W]. The fraction of sp³-hybridized carbons (Fsp3) is 0.333. The summed E-state index contributed by atoms with van der Waals surface area (Å²) in [7, 11) is 2.41. The second kappa shape index (κ2) is 6.61. The monoisotopic (exact) mass is 386 g/mol. The first-order valence-electron chi connectivity index (χ1n) is 3.36. The summed E-state index contributed by atoms with van der Waals surface area (Å²) in [5, 5.41) is 2.63. The van der Waals surface area contributed by atoms with Gasteiger partial charge < -0.3 is 20.8 Å². The predicted octanol–water partition coefficient (Wildman–Crippen LogP) is -0.870. The number of carbonyl (C=O) groups excluding carboxylic acids is 1. The minimum absolute atomic E-state index is 0. The van der Waals surface area contributed by atoms with Crippen LogP contribution in [0.15, 0.2) is 0 Å². The van der Waals surface area contributed by atoms with Gasteiger partial charge in [-0.2, -0.15) is 0 Å². The molecule has 1 aromatic rings. The average molecular weight is 386 g/mol. The van der Waals surface area contributed by atoms with Gasteiger partial charge in [-0.05, 0) is 4.88 Å². The van der Waals surface area contributed by atoms with Gasteiger partial charge in [-0.15, -0.1) is 9.24 Å². The maximum atomic E-state index is 11.2. The number of hydrogen-bond acceptors (Lipinski definition) is 4. The van der Waals surface area contributed by atoms with E-state index < -0.39 is 0 Å². The third-order valence-corrected chi connectivity index (χ3v) is 2.37. The van der Waals surface area contributed by atoms with Gasteiger partial charge in [-0.3, -0.25) is 0 Å². The molecule has 0 radical (unpaired) electrons. The topological polar surface area (TPSA) is 68.0 Å². The summed E-state index contributed by atoms with van der Waals surface area (Å²) in [4.78, 5) is 15.5. The minimum Gasteiger partial charge on any atom is -0.402 e. The van der Waals surface area contributed by atoms with Gasteiger partial charge in [0.2, 0.25) is 0 Å². The van der Waals surface area contributed by atoms with Crippen molar-refractivity contribution in [3.05, 3.63) is 11.1 Å². The van der Waals surface area contributed by atoms with Crippen LogP contribution in [-0.2, 0) is 21.1 Å². The van der Waals surface area contributed by atoms with E-state index in [0.717, 1.165) is 4.75 Å². The molecule has 13 heavy (non-hydrogen) atoms. The Morgan fingerprint density at radius 1 is 1.77 bits per heavy atom. The Labute approximate surface area is 97.2 Å². The molecular weight excluding hydrogens is 377 g/mol. The molecule has 1 aromatic heterocycles.